The van der Waals surface area contributed by atoms with Crippen LogP contribution < -0.4 is 10.1 Å². The molecule has 0 unspecified atom stereocenters. The number of anilines is 1. The van der Waals surface area contributed by atoms with Gasteiger partial charge in [-0.05, 0) is 17.7 Å². The molecule has 3 rings (SSSR count). The standard InChI is InChI=1S/C20H22N2O5/c1-26-17-9-5-8-15(10-17)21-19(24)18-11-16(23)12-22(18)20(25)27-13-14-6-3-2-4-7-14/h2-10,16,18,23H,11-13H2,1H3,(H,21,24)/t16-,18-/m0/s1. The van der Waals surface area contributed by atoms with Gasteiger partial charge in [-0.1, -0.05) is 36.4 Å². The first-order valence-electron chi connectivity index (χ1n) is 8.67. The lowest BCUT2D eigenvalue weighted by atomic mass is 10.2. The van der Waals surface area contributed by atoms with Crippen LogP contribution in [0.1, 0.15) is 12.0 Å². The van der Waals surface area contributed by atoms with Gasteiger partial charge >= 0.3 is 6.09 Å². The van der Waals surface area contributed by atoms with Gasteiger partial charge in [-0.25, -0.2) is 4.79 Å². The molecule has 7 heteroatoms. The number of nitrogens with one attached hydrogen (secondary N) is 1. The van der Waals surface area contributed by atoms with Gasteiger partial charge in [0.15, 0.2) is 0 Å². The van der Waals surface area contributed by atoms with Gasteiger partial charge in [-0.2, -0.15) is 0 Å². The summed E-state index contributed by atoms with van der Waals surface area (Å²) in [6.07, 6.45) is -1.23. The van der Waals surface area contributed by atoms with Crippen LogP contribution in [0.15, 0.2) is 54.6 Å². The van der Waals surface area contributed by atoms with E-state index < -0.39 is 18.2 Å². The molecule has 142 valence electrons. The number of β-amino-alcohol motifs (C(OH)–C–C–N with tert-alkyl or cyclic N) is 1. The van der Waals surface area contributed by atoms with Gasteiger partial charge in [0.05, 0.1) is 19.8 Å². The lowest BCUT2D eigenvalue weighted by Gasteiger charge is -2.23. The second-order valence-corrected chi connectivity index (χ2v) is 6.32. The zero-order valence-corrected chi connectivity index (χ0v) is 15.0. The molecule has 0 spiro atoms. The summed E-state index contributed by atoms with van der Waals surface area (Å²) in [6.45, 7) is 0.167. The average molecular weight is 370 g/mol. The Balaban J connectivity index is 1.63. The third kappa shape index (κ3) is 4.77. The average Bonchev–Trinajstić information content (AvgIpc) is 3.09. The molecule has 2 amide bonds. The van der Waals surface area contributed by atoms with E-state index in [1.807, 2.05) is 30.3 Å². The molecule has 1 aliphatic heterocycles. The molecule has 2 aromatic carbocycles. The van der Waals surface area contributed by atoms with Crippen molar-refractivity contribution in [2.24, 2.45) is 0 Å². The Morgan fingerprint density at radius 1 is 1.19 bits per heavy atom. The summed E-state index contributed by atoms with van der Waals surface area (Å²) in [4.78, 5) is 26.3. The Kier molecular flexibility index (Phi) is 5.93. The maximum atomic E-state index is 12.6. The fourth-order valence-electron chi connectivity index (χ4n) is 2.99. The number of aliphatic hydroxyl groups excluding tert-OH is 1. The Morgan fingerprint density at radius 3 is 2.70 bits per heavy atom. The summed E-state index contributed by atoms with van der Waals surface area (Å²) in [6, 6.07) is 15.4. The number of hydrogen-bond donors (Lipinski definition) is 2. The summed E-state index contributed by atoms with van der Waals surface area (Å²) < 4.78 is 10.4. The van der Waals surface area contributed by atoms with Gasteiger partial charge in [0.25, 0.3) is 0 Å². The van der Waals surface area contributed by atoms with E-state index in [0.29, 0.717) is 11.4 Å². The van der Waals surface area contributed by atoms with E-state index in [4.69, 9.17) is 9.47 Å². The Morgan fingerprint density at radius 2 is 1.96 bits per heavy atom. The smallest absolute Gasteiger partial charge is 0.410 e. The third-order valence-electron chi connectivity index (χ3n) is 4.36. The van der Waals surface area contributed by atoms with Crippen molar-refractivity contribution < 1.29 is 24.2 Å². The number of carbonyl (C=O) groups is 2. The molecule has 2 aromatic rings. The molecular weight excluding hydrogens is 348 g/mol. The van der Waals surface area contributed by atoms with Gasteiger partial charge in [0, 0.05) is 18.2 Å². The highest BCUT2D eigenvalue weighted by molar-refractivity contribution is 5.97. The lowest BCUT2D eigenvalue weighted by Crippen LogP contribution is -2.43. The van der Waals surface area contributed by atoms with Crippen LogP contribution in [-0.4, -0.2) is 47.8 Å². The largest absolute Gasteiger partial charge is 0.497 e. The van der Waals surface area contributed by atoms with Crippen molar-refractivity contribution >= 4 is 17.7 Å². The summed E-state index contributed by atoms with van der Waals surface area (Å²) in [7, 11) is 1.54. The molecule has 0 bridgehead atoms. The van der Waals surface area contributed by atoms with Crippen molar-refractivity contribution in [3.05, 3.63) is 60.2 Å². The number of methoxy groups -OCH3 is 1. The first kappa shape index (κ1) is 18.7. The minimum Gasteiger partial charge on any atom is -0.497 e. The molecular formula is C20H22N2O5. The highest BCUT2D eigenvalue weighted by Crippen LogP contribution is 2.23. The van der Waals surface area contributed by atoms with E-state index in [0.717, 1.165) is 5.56 Å². The fourth-order valence-corrected chi connectivity index (χ4v) is 2.99. The second-order valence-electron chi connectivity index (χ2n) is 6.32. The number of rotatable bonds is 5. The van der Waals surface area contributed by atoms with Crippen LogP contribution >= 0.6 is 0 Å². The highest BCUT2D eigenvalue weighted by Gasteiger charge is 2.39. The van der Waals surface area contributed by atoms with Crippen LogP contribution in [-0.2, 0) is 16.1 Å². The topological polar surface area (TPSA) is 88.1 Å². The quantitative estimate of drug-likeness (QED) is 0.844. The van der Waals surface area contributed by atoms with Crippen molar-refractivity contribution in [2.75, 3.05) is 19.0 Å². The van der Waals surface area contributed by atoms with E-state index in [-0.39, 0.29) is 25.5 Å². The Hall–Kier alpha value is -3.06. The highest BCUT2D eigenvalue weighted by atomic mass is 16.6. The van der Waals surface area contributed by atoms with Crippen molar-refractivity contribution in [3.63, 3.8) is 0 Å². The molecule has 0 radical (unpaired) electrons. The van der Waals surface area contributed by atoms with Crippen molar-refractivity contribution in [2.45, 2.75) is 25.2 Å². The maximum Gasteiger partial charge on any atom is 0.410 e. The van der Waals surface area contributed by atoms with Crippen LogP contribution in [0, 0.1) is 0 Å². The normalized spacial score (nSPS) is 18.8. The molecule has 1 saturated heterocycles. The van der Waals surface area contributed by atoms with Gasteiger partial charge in [-0.3, -0.25) is 9.69 Å². The predicted octanol–water partition coefficient (Wildman–Crippen LogP) is 2.41. The van der Waals surface area contributed by atoms with E-state index in [1.165, 1.54) is 4.90 Å². The third-order valence-corrected chi connectivity index (χ3v) is 4.36. The predicted molar refractivity (Wildman–Crippen MR) is 99.4 cm³/mol. The van der Waals surface area contributed by atoms with Crippen LogP contribution in [0.5, 0.6) is 5.75 Å². The zero-order chi connectivity index (χ0) is 19.2. The number of ether oxygens (including phenoxy) is 2. The number of likely N-dealkylation sites (tertiary alicyclic amines) is 1. The van der Waals surface area contributed by atoms with E-state index in [9.17, 15) is 14.7 Å². The molecule has 1 aliphatic rings. The summed E-state index contributed by atoms with van der Waals surface area (Å²) in [5.74, 6) is 0.231. The van der Waals surface area contributed by atoms with Crippen LogP contribution in [0.4, 0.5) is 10.5 Å². The fraction of sp³-hybridized carbons (Fsp3) is 0.300. The molecule has 0 aromatic heterocycles. The first-order chi connectivity index (χ1) is 13.1. The van der Waals surface area contributed by atoms with E-state index >= 15 is 0 Å². The number of hydrogen-bond acceptors (Lipinski definition) is 5. The van der Waals surface area contributed by atoms with Crippen molar-refractivity contribution in [3.8, 4) is 5.75 Å². The number of carbonyl (C=O) groups excluding carboxylic acids is 2. The molecule has 1 heterocycles. The van der Waals surface area contributed by atoms with E-state index in [1.54, 1.807) is 31.4 Å². The Bertz CT molecular complexity index is 796. The maximum absolute atomic E-state index is 12.6. The molecule has 0 aliphatic carbocycles. The van der Waals surface area contributed by atoms with Gasteiger partial charge in [0.1, 0.15) is 18.4 Å². The molecule has 0 saturated carbocycles. The van der Waals surface area contributed by atoms with Gasteiger partial charge < -0.3 is 19.9 Å². The number of nitrogens with zero attached hydrogens (tertiary/aromatic N) is 1. The number of aliphatic hydroxyl groups is 1. The Labute approximate surface area is 157 Å². The summed E-state index contributed by atoms with van der Waals surface area (Å²) in [5, 5.41) is 12.7. The molecule has 27 heavy (non-hydrogen) atoms. The van der Waals surface area contributed by atoms with Crippen LogP contribution in [0.3, 0.4) is 0 Å². The molecule has 7 nitrogen and oxygen atoms in total. The van der Waals surface area contributed by atoms with Gasteiger partial charge in [-0.15, -0.1) is 0 Å². The van der Waals surface area contributed by atoms with Gasteiger partial charge in [0.2, 0.25) is 5.91 Å². The van der Waals surface area contributed by atoms with Crippen LogP contribution in [0.25, 0.3) is 0 Å². The molecule has 2 N–H and O–H groups in total. The molecule has 1 fully saturated rings. The minimum absolute atomic E-state index is 0.0593. The first-order valence-corrected chi connectivity index (χ1v) is 8.67. The number of amides is 2. The zero-order valence-electron chi connectivity index (χ0n) is 15.0. The van der Waals surface area contributed by atoms with Crippen molar-refractivity contribution in [1.82, 2.24) is 4.90 Å². The lowest BCUT2D eigenvalue weighted by molar-refractivity contribution is -0.120. The number of benzene rings is 2. The summed E-state index contributed by atoms with van der Waals surface area (Å²) in [5.41, 5.74) is 1.40. The monoisotopic (exact) mass is 370 g/mol. The SMILES string of the molecule is COc1cccc(NC(=O)[C@@H]2C[C@H](O)CN2C(=O)OCc2ccccc2)c1. The van der Waals surface area contributed by atoms with Crippen LogP contribution in [0.2, 0.25) is 0 Å². The molecule has 2 atom stereocenters. The summed E-state index contributed by atoms with van der Waals surface area (Å²) >= 11 is 0. The van der Waals surface area contributed by atoms with Crippen molar-refractivity contribution in [1.29, 1.82) is 0 Å². The second kappa shape index (κ2) is 8.55. The minimum atomic E-state index is -0.797. The van der Waals surface area contributed by atoms with E-state index in [2.05, 4.69) is 5.32 Å².